The molecule has 20 heavy (non-hydrogen) atoms. The minimum absolute atomic E-state index is 0.276. The second kappa shape index (κ2) is 5.46. The molecule has 1 aliphatic heterocycles. The van der Waals surface area contributed by atoms with Gasteiger partial charge in [-0.15, -0.1) is 0 Å². The topological polar surface area (TPSA) is 81.1 Å². The van der Waals surface area contributed by atoms with Crippen molar-refractivity contribution in [3.8, 4) is 0 Å². The number of hydrogen-bond donors (Lipinski definition) is 2. The SMILES string of the molecule is Nc1nc(N)c2c(n1)CCN(Cc1ccccc1)CC2. The molecule has 2 aromatic rings. The number of nitrogens with zero attached hydrogens (tertiary/aromatic N) is 3. The van der Waals surface area contributed by atoms with Gasteiger partial charge in [0.05, 0.1) is 5.69 Å². The molecule has 0 spiro atoms. The Morgan fingerprint density at radius 1 is 1.00 bits per heavy atom. The number of rotatable bonds is 2. The Morgan fingerprint density at radius 3 is 2.55 bits per heavy atom. The van der Waals surface area contributed by atoms with Gasteiger partial charge in [0.1, 0.15) is 5.82 Å². The standard InChI is InChI=1S/C15H19N5/c16-14-12-6-8-20(10-11-4-2-1-3-5-11)9-7-13(12)18-15(17)19-14/h1-5H,6-10H2,(H4,16,17,18,19). The molecule has 1 aromatic carbocycles. The third-order valence-electron chi connectivity index (χ3n) is 3.73. The molecular weight excluding hydrogens is 250 g/mol. The highest BCUT2D eigenvalue weighted by molar-refractivity contribution is 5.46. The van der Waals surface area contributed by atoms with Crippen LogP contribution in [0.4, 0.5) is 11.8 Å². The van der Waals surface area contributed by atoms with Gasteiger partial charge in [0.25, 0.3) is 0 Å². The average Bonchev–Trinajstić information content (AvgIpc) is 2.63. The predicted octanol–water partition coefficient (Wildman–Crippen LogP) is 1.24. The summed E-state index contributed by atoms with van der Waals surface area (Å²) in [5.41, 5.74) is 15.0. The van der Waals surface area contributed by atoms with Crippen LogP contribution in [0.15, 0.2) is 30.3 Å². The van der Waals surface area contributed by atoms with Gasteiger partial charge in [-0.05, 0) is 12.0 Å². The molecule has 5 nitrogen and oxygen atoms in total. The van der Waals surface area contributed by atoms with Crippen LogP contribution in [0.1, 0.15) is 16.8 Å². The molecular formula is C15H19N5. The zero-order valence-corrected chi connectivity index (χ0v) is 11.4. The van der Waals surface area contributed by atoms with Gasteiger partial charge in [0.15, 0.2) is 0 Å². The Balaban J connectivity index is 1.74. The molecule has 0 atom stereocenters. The van der Waals surface area contributed by atoms with Crippen molar-refractivity contribution >= 4 is 11.8 Å². The van der Waals surface area contributed by atoms with E-state index in [9.17, 15) is 0 Å². The number of anilines is 2. The first-order chi connectivity index (χ1) is 9.72. The Hall–Kier alpha value is -2.14. The lowest BCUT2D eigenvalue weighted by Gasteiger charge is -2.19. The van der Waals surface area contributed by atoms with E-state index in [0.29, 0.717) is 5.82 Å². The van der Waals surface area contributed by atoms with Gasteiger partial charge in [-0.25, -0.2) is 4.98 Å². The Kier molecular flexibility index (Phi) is 3.52. The van der Waals surface area contributed by atoms with E-state index < -0.39 is 0 Å². The van der Waals surface area contributed by atoms with Gasteiger partial charge in [-0.1, -0.05) is 30.3 Å². The molecule has 1 aliphatic rings. The third-order valence-corrected chi connectivity index (χ3v) is 3.73. The van der Waals surface area contributed by atoms with Crippen LogP contribution >= 0.6 is 0 Å². The summed E-state index contributed by atoms with van der Waals surface area (Å²) < 4.78 is 0. The van der Waals surface area contributed by atoms with Crippen LogP contribution in [0.3, 0.4) is 0 Å². The molecule has 104 valence electrons. The first-order valence-electron chi connectivity index (χ1n) is 6.89. The van der Waals surface area contributed by atoms with Crippen LogP contribution in [0.25, 0.3) is 0 Å². The van der Waals surface area contributed by atoms with Gasteiger partial charge >= 0.3 is 0 Å². The summed E-state index contributed by atoms with van der Waals surface area (Å²) >= 11 is 0. The zero-order chi connectivity index (χ0) is 13.9. The summed E-state index contributed by atoms with van der Waals surface area (Å²) in [5, 5.41) is 0. The van der Waals surface area contributed by atoms with Crippen molar-refractivity contribution in [1.82, 2.24) is 14.9 Å². The molecule has 0 saturated heterocycles. The van der Waals surface area contributed by atoms with E-state index in [1.54, 1.807) is 0 Å². The fourth-order valence-electron chi connectivity index (χ4n) is 2.69. The zero-order valence-electron chi connectivity index (χ0n) is 11.4. The predicted molar refractivity (Wildman–Crippen MR) is 80.0 cm³/mol. The van der Waals surface area contributed by atoms with Crippen molar-refractivity contribution < 1.29 is 0 Å². The molecule has 5 heteroatoms. The molecule has 1 aromatic heterocycles. The molecule has 0 radical (unpaired) electrons. The highest BCUT2D eigenvalue weighted by atomic mass is 15.1. The molecule has 0 amide bonds. The van der Waals surface area contributed by atoms with Gasteiger partial charge in [0.2, 0.25) is 5.95 Å². The first-order valence-corrected chi connectivity index (χ1v) is 6.89. The van der Waals surface area contributed by atoms with Gasteiger partial charge in [-0.3, -0.25) is 4.90 Å². The number of nitrogens with two attached hydrogens (primary N) is 2. The summed E-state index contributed by atoms with van der Waals surface area (Å²) in [6.07, 6.45) is 1.76. The maximum atomic E-state index is 5.96. The maximum Gasteiger partial charge on any atom is 0.222 e. The quantitative estimate of drug-likeness (QED) is 0.857. The number of fused-ring (bicyclic) bond motifs is 1. The number of hydrogen-bond acceptors (Lipinski definition) is 5. The first kappa shape index (κ1) is 12.9. The van der Waals surface area contributed by atoms with Crippen LogP contribution in [-0.2, 0) is 19.4 Å². The Labute approximate surface area is 118 Å². The van der Waals surface area contributed by atoms with Crippen molar-refractivity contribution in [2.24, 2.45) is 0 Å². The van der Waals surface area contributed by atoms with E-state index in [2.05, 4.69) is 39.1 Å². The highest BCUT2D eigenvalue weighted by Crippen LogP contribution is 2.20. The lowest BCUT2D eigenvalue weighted by molar-refractivity contribution is 0.279. The molecule has 0 aliphatic carbocycles. The average molecular weight is 269 g/mol. The van der Waals surface area contributed by atoms with Gasteiger partial charge in [-0.2, -0.15) is 4.98 Å². The van der Waals surface area contributed by atoms with E-state index in [0.717, 1.165) is 43.7 Å². The molecule has 3 rings (SSSR count). The number of nitrogen functional groups attached to an aromatic ring is 2. The van der Waals surface area contributed by atoms with Crippen molar-refractivity contribution in [3.63, 3.8) is 0 Å². The molecule has 0 fully saturated rings. The lowest BCUT2D eigenvalue weighted by atomic mass is 10.1. The van der Waals surface area contributed by atoms with E-state index >= 15 is 0 Å². The Bertz CT molecular complexity index is 597. The molecule has 0 unspecified atom stereocenters. The Morgan fingerprint density at radius 2 is 1.75 bits per heavy atom. The fraction of sp³-hybridized carbons (Fsp3) is 0.333. The van der Waals surface area contributed by atoms with Crippen LogP contribution in [0.2, 0.25) is 0 Å². The van der Waals surface area contributed by atoms with Crippen molar-refractivity contribution in [2.75, 3.05) is 24.6 Å². The van der Waals surface area contributed by atoms with E-state index in [1.807, 2.05) is 6.07 Å². The monoisotopic (exact) mass is 269 g/mol. The largest absolute Gasteiger partial charge is 0.383 e. The summed E-state index contributed by atoms with van der Waals surface area (Å²) in [4.78, 5) is 10.8. The van der Waals surface area contributed by atoms with Crippen LogP contribution < -0.4 is 11.5 Å². The maximum absolute atomic E-state index is 5.96. The van der Waals surface area contributed by atoms with Crippen molar-refractivity contribution in [3.05, 3.63) is 47.2 Å². The van der Waals surface area contributed by atoms with Crippen LogP contribution in [0.5, 0.6) is 0 Å². The summed E-state index contributed by atoms with van der Waals surface area (Å²) in [6, 6.07) is 10.5. The van der Waals surface area contributed by atoms with Crippen molar-refractivity contribution in [1.29, 1.82) is 0 Å². The third kappa shape index (κ3) is 2.72. The smallest absolute Gasteiger partial charge is 0.222 e. The number of aromatic nitrogens is 2. The normalized spacial score (nSPS) is 15.6. The highest BCUT2D eigenvalue weighted by Gasteiger charge is 2.18. The molecule has 0 bridgehead atoms. The molecule has 0 saturated carbocycles. The van der Waals surface area contributed by atoms with E-state index in [4.69, 9.17) is 11.5 Å². The van der Waals surface area contributed by atoms with Gasteiger partial charge in [0, 0.05) is 31.6 Å². The molecule has 2 heterocycles. The second-order valence-electron chi connectivity index (χ2n) is 5.15. The summed E-state index contributed by atoms with van der Waals surface area (Å²) in [6.45, 7) is 2.90. The number of benzene rings is 1. The minimum Gasteiger partial charge on any atom is -0.383 e. The van der Waals surface area contributed by atoms with E-state index in [-0.39, 0.29) is 5.95 Å². The lowest BCUT2D eigenvalue weighted by Crippen LogP contribution is -2.25. The fourth-order valence-corrected chi connectivity index (χ4v) is 2.69. The van der Waals surface area contributed by atoms with Crippen molar-refractivity contribution in [2.45, 2.75) is 19.4 Å². The van der Waals surface area contributed by atoms with Crippen LogP contribution in [-0.4, -0.2) is 28.0 Å². The van der Waals surface area contributed by atoms with E-state index in [1.165, 1.54) is 5.56 Å². The summed E-state index contributed by atoms with van der Waals surface area (Å²) in [5.74, 6) is 0.812. The van der Waals surface area contributed by atoms with Crippen LogP contribution in [0, 0.1) is 0 Å². The molecule has 4 N–H and O–H groups in total. The minimum atomic E-state index is 0.276. The second-order valence-corrected chi connectivity index (χ2v) is 5.15. The summed E-state index contributed by atoms with van der Waals surface area (Å²) in [7, 11) is 0. The van der Waals surface area contributed by atoms with Gasteiger partial charge < -0.3 is 11.5 Å².